The summed E-state index contributed by atoms with van der Waals surface area (Å²) in [6.45, 7) is 3.78. The predicted octanol–water partition coefficient (Wildman–Crippen LogP) is 2.38. The smallest absolute Gasteiger partial charge is 0.0875 e. The van der Waals surface area contributed by atoms with E-state index in [1.807, 2.05) is 0 Å². The van der Waals surface area contributed by atoms with Crippen molar-refractivity contribution in [2.45, 2.75) is 37.9 Å². The Balaban J connectivity index is 1.64. The Bertz CT molecular complexity index is 211. The van der Waals surface area contributed by atoms with Gasteiger partial charge in [0.2, 0.25) is 0 Å². The number of rotatable bonds is 3. The Morgan fingerprint density at radius 3 is 2.92 bits per heavy atom. The molecule has 1 nitrogen and oxygen atoms in total. The molecule has 2 bridgehead atoms. The van der Waals surface area contributed by atoms with Gasteiger partial charge in [-0.05, 0) is 43.4 Å². The summed E-state index contributed by atoms with van der Waals surface area (Å²) in [5.41, 5.74) is 0. The zero-order chi connectivity index (χ0) is 8.13. The van der Waals surface area contributed by atoms with Gasteiger partial charge in [0.25, 0.3) is 0 Å². The normalized spacial score (nSPS) is 53.8. The molecule has 0 N–H and O–H groups in total. The van der Waals surface area contributed by atoms with Crippen molar-refractivity contribution in [1.29, 1.82) is 0 Å². The van der Waals surface area contributed by atoms with E-state index >= 15 is 0 Å². The summed E-state index contributed by atoms with van der Waals surface area (Å²) in [5.74, 6) is 2.84. The van der Waals surface area contributed by atoms with E-state index in [9.17, 15) is 0 Å². The molecule has 3 aliphatic rings. The first-order chi connectivity index (χ1) is 5.90. The largest absolute Gasteiger partial charge is 0.369 e. The zero-order valence-electron chi connectivity index (χ0n) is 7.41. The molecule has 0 aromatic carbocycles. The van der Waals surface area contributed by atoms with Crippen LogP contribution in [0.15, 0.2) is 12.7 Å². The van der Waals surface area contributed by atoms with Crippen LogP contribution >= 0.6 is 0 Å². The number of hydrogen-bond donors (Lipinski definition) is 0. The molecule has 1 saturated heterocycles. The summed E-state index contributed by atoms with van der Waals surface area (Å²) in [4.78, 5) is 0. The van der Waals surface area contributed by atoms with Gasteiger partial charge in [-0.25, -0.2) is 0 Å². The second-order valence-corrected chi connectivity index (χ2v) is 4.59. The van der Waals surface area contributed by atoms with Crippen molar-refractivity contribution in [3.63, 3.8) is 0 Å². The van der Waals surface area contributed by atoms with Crippen LogP contribution in [-0.4, -0.2) is 12.2 Å². The fraction of sp³-hybridized carbons (Fsp3) is 0.818. The van der Waals surface area contributed by atoms with Crippen molar-refractivity contribution in [2.24, 2.45) is 17.8 Å². The maximum Gasteiger partial charge on any atom is 0.0875 e. The third-order valence-electron chi connectivity index (χ3n) is 3.98. The third-order valence-corrected chi connectivity index (χ3v) is 3.98. The van der Waals surface area contributed by atoms with Gasteiger partial charge >= 0.3 is 0 Å². The molecule has 2 saturated carbocycles. The molecule has 5 atom stereocenters. The number of epoxide rings is 1. The van der Waals surface area contributed by atoms with Crippen LogP contribution in [0, 0.1) is 17.8 Å². The van der Waals surface area contributed by atoms with Crippen LogP contribution in [-0.2, 0) is 4.74 Å². The molecular weight excluding hydrogens is 148 g/mol. The van der Waals surface area contributed by atoms with Gasteiger partial charge in [0.1, 0.15) is 0 Å². The molecular formula is C11H16O. The average molecular weight is 164 g/mol. The number of fused-ring (bicyclic) bond motifs is 5. The highest BCUT2D eigenvalue weighted by Crippen LogP contribution is 2.59. The molecule has 1 heterocycles. The van der Waals surface area contributed by atoms with Crippen molar-refractivity contribution in [3.8, 4) is 0 Å². The van der Waals surface area contributed by atoms with Crippen LogP contribution in [0.5, 0.6) is 0 Å². The molecule has 2 aliphatic carbocycles. The van der Waals surface area contributed by atoms with E-state index in [-0.39, 0.29) is 0 Å². The molecule has 12 heavy (non-hydrogen) atoms. The number of hydrogen-bond acceptors (Lipinski definition) is 1. The van der Waals surface area contributed by atoms with Crippen molar-refractivity contribution >= 4 is 0 Å². The minimum Gasteiger partial charge on any atom is -0.369 e. The van der Waals surface area contributed by atoms with E-state index in [0.717, 1.165) is 17.8 Å². The average Bonchev–Trinajstić information content (AvgIpc) is 2.71. The SMILES string of the molecule is C=CCCC1CC2CC1C1OC21. The second-order valence-electron chi connectivity index (χ2n) is 4.59. The highest BCUT2D eigenvalue weighted by atomic mass is 16.6. The first-order valence-electron chi connectivity index (χ1n) is 5.16. The lowest BCUT2D eigenvalue weighted by Gasteiger charge is -2.17. The monoisotopic (exact) mass is 164 g/mol. The van der Waals surface area contributed by atoms with Crippen molar-refractivity contribution in [3.05, 3.63) is 12.7 Å². The van der Waals surface area contributed by atoms with E-state index in [1.54, 1.807) is 0 Å². The minimum atomic E-state index is 0.693. The fourth-order valence-electron chi connectivity index (χ4n) is 3.40. The number of ether oxygens (including phenoxy) is 1. The van der Waals surface area contributed by atoms with E-state index < -0.39 is 0 Å². The highest BCUT2D eigenvalue weighted by molar-refractivity contribution is 5.10. The molecule has 1 heteroatoms. The molecule has 0 aromatic heterocycles. The molecule has 66 valence electrons. The Morgan fingerprint density at radius 1 is 1.33 bits per heavy atom. The van der Waals surface area contributed by atoms with Gasteiger partial charge in [0.05, 0.1) is 12.2 Å². The van der Waals surface area contributed by atoms with E-state index in [0.29, 0.717) is 12.2 Å². The first kappa shape index (κ1) is 7.14. The Hall–Kier alpha value is -0.300. The van der Waals surface area contributed by atoms with Gasteiger partial charge in [0.15, 0.2) is 0 Å². The third kappa shape index (κ3) is 0.832. The maximum absolute atomic E-state index is 5.62. The molecule has 0 amide bonds. The minimum absolute atomic E-state index is 0.693. The lowest BCUT2D eigenvalue weighted by Crippen LogP contribution is -2.17. The van der Waals surface area contributed by atoms with Crippen LogP contribution in [0.25, 0.3) is 0 Å². The van der Waals surface area contributed by atoms with Gasteiger partial charge in [-0.3, -0.25) is 0 Å². The Kier molecular flexibility index (Phi) is 1.40. The molecule has 0 radical (unpaired) electrons. The summed E-state index contributed by atoms with van der Waals surface area (Å²) in [7, 11) is 0. The summed E-state index contributed by atoms with van der Waals surface area (Å²) in [6.07, 6.45) is 8.92. The summed E-state index contributed by atoms with van der Waals surface area (Å²) >= 11 is 0. The van der Waals surface area contributed by atoms with Crippen LogP contribution in [0.4, 0.5) is 0 Å². The topological polar surface area (TPSA) is 12.5 Å². The van der Waals surface area contributed by atoms with Crippen LogP contribution in [0.2, 0.25) is 0 Å². The molecule has 0 aromatic rings. The molecule has 5 unspecified atom stereocenters. The van der Waals surface area contributed by atoms with Gasteiger partial charge in [-0.2, -0.15) is 0 Å². The Morgan fingerprint density at radius 2 is 2.25 bits per heavy atom. The van der Waals surface area contributed by atoms with Crippen molar-refractivity contribution < 1.29 is 4.74 Å². The molecule has 3 fully saturated rings. The van der Waals surface area contributed by atoms with Crippen LogP contribution in [0.1, 0.15) is 25.7 Å². The first-order valence-corrected chi connectivity index (χ1v) is 5.16. The van der Waals surface area contributed by atoms with Crippen molar-refractivity contribution in [1.82, 2.24) is 0 Å². The van der Waals surface area contributed by atoms with Crippen molar-refractivity contribution in [2.75, 3.05) is 0 Å². The van der Waals surface area contributed by atoms with Gasteiger partial charge in [-0.1, -0.05) is 6.08 Å². The number of allylic oxidation sites excluding steroid dienone is 1. The van der Waals surface area contributed by atoms with E-state index in [2.05, 4.69) is 12.7 Å². The lowest BCUT2D eigenvalue weighted by molar-refractivity contribution is 0.247. The zero-order valence-corrected chi connectivity index (χ0v) is 7.41. The van der Waals surface area contributed by atoms with Gasteiger partial charge in [0, 0.05) is 0 Å². The fourth-order valence-corrected chi connectivity index (χ4v) is 3.40. The van der Waals surface area contributed by atoms with E-state index in [4.69, 9.17) is 4.74 Å². The quantitative estimate of drug-likeness (QED) is 0.461. The molecule has 3 rings (SSSR count). The summed E-state index contributed by atoms with van der Waals surface area (Å²) in [6, 6.07) is 0. The highest BCUT2D eigenvalue weighted by Gasteiger charge is 2.62. The van der Waals surface area contributed by atoms with Gasteiger partial charge in [-0.15, -0.1) is 6.58 Å². The van der Waals surface area contributed by atoms with Gasteiger partial charge < -0.3 is 4.74 Å². The van der Waals surface area contributed by atoms with Crippen LogP contribution in [0.3, 0.4) is 0 Å². The van der Waals surface area contributed by atoms with E-state index in [1.165, 1.54) is 25.7 Å². The predicted molar refractivity (Wildman–Crippen MR) is 47.8 cm³/mol. The standard InChI is InChI=1S/C11H16O/c1-2-3-4-7-5-8-6-9(7)11-10(8)12-11/h2,7-11H,1,3-6H2. The Labute approximate surface area is 73.8 Å². The molecule has 0 spiro atoms. The second kappa shape index (κ2) is 2.35. The lowest BCUT2D eigenvalue weighted by atomic mass is 9.85. The molecule has 1 aliphatic heterocycles. The summed E-state index contributed by atoms with van der Waals surface area (Å²) in [5, 5.41) is 0. The van der Waals surface area contributed by atoms with Crippen LogP contribution < -0.4 is 0 Å². The maximum atomic E-state index is 5.62. The summed E-state index contributed by atoms with van der Waals surface area (Å²) < 4.78 is 5.62.